The standard InChI is InChI=1S/C29H21FO2/c1-2-21-10-14-24(15-11-21)29(31)25-18-26(30)20-28(19-25)32-27-16-12-23(13-17-27)9-8-22-6-4-3-5-7-22/h3-7,10-20H,2H2,1H3. The average molecular weight is 420 g/mol. The maximum Gasteiger partial charge on any atom is 0.193 e. The quantitative estimate of drug-likeness (QED) is 0.262. The summed E-state index contributed by atoms with van der Waals surface area (Å²) in [5, 5.41) is 0. The van der Waals surface area contributed by atoms with Crippen molar-refractivity contribution in [3.63, 3.8) is 0 Å². The van der Waals surface area contributed by atoms with Crippen LogP contribution in [0.3, 0.4) is 0 Å². The second kappa shape index (κ2) is 9.76. The van der Waals surface area contributed by atoms with E-state index in [1.54, 1.807) is 30.3 Å². The predicted molar refractivity (Wildman–Crippen MR) is 125 cm³/mol. The molecule has 0 aliphatic rings. The number of carbonyl (C=O) groups excluding carboxylic acids is 1. The number of hydrogen-bond donors (Lipinski definition) is 0. The van der Waals surface area contributed by atoms with Crippen molar-refractivity contribution >= 4 is 5.78 Å². The number of ether oxygens (including phenoxy) is 1. The van der Waals surface area contributed by atoms with Gasteiger partial charge < -0.3 is 4.74 Å². The lowest BCUT2D eigenvalue weighted by molar-refractivity contribution is 0.103. The van der Waals surface area contributed by atoms with Gasteiger partial charge in [-0.15, -0.1) is 0 Å². The molecule has 0 atom stereocenters. The molecule has 0 aliphatic carbocycles. The fourth-order valence-corrected chi connectivity index (χ4v) is 3.22. The molecule has 0 heterocycles. The number of hydrogen-bond acceptors (Lipinski definition) is 2. The van der Waals surface area contributed by atoms with Crippen molar-refractivity contribution in [2.75, 3.05) is 0 Å². The molecule has 0 saturated heterocycles. The van der Waals surface area contributed by atoms with Gasteiger partial charge in [-0.25, -0.2) is 4.39 Å². The van der Waals surface area contributed by atoms with Crippen molar-refractivity contribution in [3.05, 3.63) is 131 Å². The lowest BCUT2D eigenvalue weighted by atomic mass is 10.0. The van der Waals surface area contributed by atoms with Gasteiger partial charge >= 0.3 is 0 Å². The average Bonchev–Trinajstić information content (AvgIpc) is 2.83. The molecule has 32 heavy (non-hydrogen) atoms. The van der Waals surface area contributed by atoms with Crippen LogP contribution in [0.1, 0.15) is 39.5 Å². The third kappa shape index (κ3) is 5.30. The van der Waals surface area contributed by atoms with E-state index >= 15 is 0 Å². The number of aryl methyl sites for hydroxylation is 1. The molecule has 4 rings (SSSR count). The molecule has 0 amide bonds. The van der Waals surface area contributed by atoms with Crippen molar-refractivity contribution in [2.45, 2.75) is 13.3 Å². The molecular weight excluding hydrogens is 399 g/mol. The summed E-state index contributed by atoms with van der Waals surface area (Å²) in [6.45, 7) is 2.05. The number of benzene rings is 4. The highest BCUT2D eigenvalue weighted by molar-refractivity contribution is 6.09. The predicted octanol–water partition coefficient (Wildman–Crippen LogP) is 6.81. The minimum Gasteiger partial charge on any atom is -0.457 e. The molecule has 0 bridgehead atoms. The van der Waals surface area contributed by atoms with Crippen molar-refractivity contribution < 1.29 is 13.9 Å². The molecule has 156 valence electrons. The molecule has 4 aromatic rings. The third-order valence-corrected chi connectivity index (χ3v) is 4.97. The van der Waals surface area contributed by atoms with E-state index in [9.17, 15) is 9.18 Å². The first-order valence-corrected chi connectivity index (χ1v) is 10.4. The van der Waals surface area contributed by atoms with E-state index in [0.29, 0.717) is 11.3 Å². The van der Waals surface area contributed by atoms with E-state index in [1.807, 2.05) is 54.6 Å². The topological polar surface area (TPSA) is 26.3 Å². The first-order valence-electron chi connectivity index (χ1n) is 10.4. The van der Waals surface area contributed by atoms with Crippen LogP contribution < -0.4 is 4.74 Å². The Kier molecular flexibility index (Phi) is 6.43. The largest absolute Gasteiger partial charge is 0.457 e. The molecule has 2 nitrogen and oxygen atoms in total. The smallest absolute Gasteiger partial charge is 0.193 e. The Hall–Kier alpha value is -4.16. The number of rotatable bonds is 5. The van der Waals surface area contributed by atoms with Gasteiger partial charge in [0.1, 0.15) is 17.3 Å². The van der Waals surface area contributed by atoms with Crippen molar-refractivity contribution in [1.82, 2.24) is 0 Å². The van der Waals surface area contributed by atoms with Gasteiger partial charge in [-0.05, 0) is 60.5 Å². The number of halogens is 1. The van der Waals surface area contributed by atoms with Crippen LogP contribution in [-0.4, -0.2) is 5.78 Å². The Labute approximate surface area is 187 Å². The van der Waals surface area contributed by atoms with Gasteiger partial charge in [0.05, 0.1) is 0 Å². The fraction of sp³-hybridized carbons (Fsp3) is 0.0690. The normalized spacial score (nSPS) is 10.2. The maximum absolute atomic E-state index is 14.2. The van der Waals surface area contributed by atoms with Crippen molar-refractivity contribution in [2.24, 2.45) is 0 Å². The first-order chi connectivity index (χ1) is 15.6. The molecule has 0 aromatic heterocycles. The Morgan fingerprint density at radius 3 is 2.06 bits per heavy atom. The van der Waals surface area contributed by atoms with Crippen molar-refractivity contribution in [3.8, 4) is 23.3 Å². The molecule has 0 radical (unpaired) electrons. The molecule has 3 heteroatoms. The van der Waals surface area contributed by atoms with E-state index in [2.05, 4.69) is 18.8 Å². The van der Waals surface area contributed by atoms with E-state index < -0.39 is 5.82 Å². The van der Waals surface area contributed by atoms with Crippen LogP contribution in [0.5, 0.6) is 11.5 Å². The first kappa shape index (κ1) is 21.1. The SMILES string of the molecule is CCc1ccc(C(=O)c2cc(F)cc(Oc3ccc(C#Cc4ccccc4)cc3)c2)cc1. The minimum absolute atomic E-state index is 0.245. The summed E-state index contributed by atoms with van der Waals surface area (Å²) in [5.74, 6) is 6.23. The molecular formula is C29H21FO2. The van der Waals surface area contributed by atoms with Gasteiger partial charge in [0, 0.05) is 28.3 Å². The van der Waals surface area contributed by atoms with Crippen LogP contribution >= 0.6 is 0 Å². The minimum atomic E-state index is -0.527. The van der Waals surface area contributed by atoms with Gasteiger partial charge in [-0.2, -0.15) is 0 Å². The summed E-state index contributed by atoms with van der Waals surface area (Å²) in [6.07, 6.45) is 0.892. The second-order valence-corrected chi connectivity index (χ2v) is 7.30. The zero-order chi connectivity index (χ0) is 22.3. The van der Waals surface area contributed by atoms with Crippen LogP contribution in [0.2, 0.25) is 0 Å². The van der Waals surface area contributed by atoms with Crippen molar-refractivity contribution in [1.29, 1.82) is 0 Å². The highest BCUT2D eigenvalue weighted by Gasteiger charge is 2.13. The van der Waals surface area contributed by atoms with E-state index in [4.69, 9.17) is 4.74 Å². The lowest BCUT2D eigenvalue weighted by Crippen LogP contribution is -2.02. The van der Waals surface area contributed by atoms with Gasteiger partial charge in [0.2, 0.25) is 0 Å². The van der Waals surface area contributed by atoms with Crippen LogP contribution in [0.25, 0.3) is 0 Å². The Balaban J connectivity index is 1.50. The fourth-order valence-electron chi connectivity index (χ4n) is 3.22. The van der Waals surface area contributed by atoms with Crippen LogP contribution in [0.4, 0.5) is 4.39 Å². The van der Waals surface area contributed by atoms with E-state index in [1.165, 1.54) is 12.1 Å². The third-order valence-electron chi connectivity index (χ3n) is 4.97. The monoisotopic (exact) mass is 420 g/mol. The van der Waals surface area contributed by atoms with Gasteiger partial charge in [0.15, 0.2) is 5.78 Å². The molecule has 0 fully saturated rings. The van der Waals surface area contributed by atoms with Crippen LogP contribution in [-0.2, 0) is 6.42 Å². The molecule has 0 saturated carbocycles. The molecule has 0 N–H and O–H groups in total. The Morgan fingerprint density at radius 2 is 1.41 bits per heavy atom. The molecule has 0 spiro atoms. The summed E-state index contributed by atoms with van der Waals surface area (Å²) in [7, 11) is 0. The van der Waals surface area contributed by atoms with E-state index in [-0.39, 0.29) is 17.1 Å². The van der Waals surface area contributed by atoms with Crippen LogP contribution in [0.15, 0.2) is 97.1 Å². The highest BCUT2D eigenvalue weighted by atomic mass is 19.1. The Bertz CT molecular complexity index is 1280. The molecule has 0 aliphatic heterocycles. The van der Waals surface area contributed by atoms with E-state index in [0.717, 1.165) is 23.1 Å². The Morgan fingerprint density at radius 1 is 0.750 bits per heavy atom. The highest BCUT2D eigenvalue weighted by Crippen LogP contribution is 2.25. The lowest BCUT2D eigenvalue weighted by Gasteiger charge is -2.09. The van der Waals surface area contributed by atoms with Crippen LogP contribution in [0, 0.1) is 17.7 Å². The molecule has 0 unspecified atom stereocenters. The molecule has 4 aromatic carbocycles. The summed E-state index contributed by atoms with van der Waals surface area (Å²) in [6, 6.07) is 28.4. The zero-order valence-electron chi connectivity index (χ0n) is 17.6. The summed E-state index contributed by atoms with van der Waals surface area (Å²) in [4.78, 5) is 12.8. The summed E-state index contributed by atoms with van der Waals surface area (Å²) < 4.78 is 20.0. The van der Waals surface area contributed by atoms with Gasteiger partial charge in [0.25, 0.3) is 0 Å². The summed E-state index contributed by atoms with van der Waals surface area (Å²) >= 11 is 0. The zero-order valence-corrected chi connectivity index (χ0v) is 17.6. The number of ketones is 1. The maximum atomic E-state index is 14.2. The number of carbonyl (C=O) groups is 1. The van der Waals surface area contributed by atoms with Gasteiger partial charge in [-0.3, -0.25) is 4.79 Å². The summed E-state index contributed by atoms with van der Waals surface area (Å²) in [5.41, 5.74) is 3.68. The van der Waals surface area contributed by atoms with Gasteiger partial charge in [-0.1, -0.05) is 61.2 Å². The second-order valence-electron chi connectivity index (χ2n) is 7.30.